The van der Waals surface area contributed by atoms with E-state index in [1.807, 2.05) is 0 Å². The van der Waals surface area contributed by atoms with Crippen LogP contribution < -0.4 is 5.73 Å². The smallest absolute Gasteiger partial charge is 0.0832 e. The van der Waals surface area contributed by atoms with Gasteiger partial charge in [0.1, 0.15) is 0 Å². The molecule has 18 heavy (non-hydrogen) atoms. The summed E-state index contributed by atoms with van der Waals surface area (Å²) in [4.78, 5) is 0. The number of hydrogen-bond donors (Lipinski definition) is 1. The highest BCUT2D eigenvalue weighted by Gasteiger charge is 2.38. The van der Waals surface area contributed by atoms with Crippen molar-refractivity contribution in [1.82, 2.24) is 0 Å². The summed E-state index contributed by atoms with van der Waals surface area (Å²) in [5.74, 6) is 0. The number of nitrogens with two attached hydrogens (primary N) is 1. The Hall–Kier alpha value is -0.0800. The van der Waals surface area contributed by atoms with Crippen molar-refractivity contribution in [3.8, 4) is 0 Å². The van der Waals surface area contributed by atoms with Gasteiger partial charge in [0, 0.05) is 12.6 Å². The minimum Gasteiger partial charge on any atom is -0.374 e. The van der Waals surface area contributed by atoms with Gasteiger partial charge in [0.2, 0.25) is 0 Å². The molecule has 1 atom stereocenters. The van der Waals surface area contributed by atoms with Gasteiger partial charge in [-0.1, -0.05) is 58.3 Å². The molecule has 1 aliphatic carbocycles. The maximum atomic E-state index is 6.46. The van der Waals surface area contributed by atoms with E-state index in [1.54, 1.807) is 0 Å². The zero-order valence-corrected chi connectivity index (χ0v) is 12.5. The molecule has 0 aromatic heterocycles. The van der Waals surface area contributed by atoms with Gasteiger partial charge >= 0.3 is 0 Å². The maximum Gasteiger partial charge on any atom is 0.0832 e. The monoisotopic (exact) mass is 255 g/mol. The Bertz CT molecular complexity index is 194. The maximum absolute atomic E-state index is 6.46. The molecule has 0 saturated heterocycles. The van der Waals surface area contributed by atoms with E-state index in [9.17, 15) is 0 Å². The lowest BCUT2D eigenvalue weighted by molar-refractivity contribution is -0.0837. The fourth-order valence-electron chi connectivity index (χ4n) is 3.29. The van der Waals surface area contributed by atoms with Crippen LogP contribution in [0.1, 0.15) is 84.5 Å². The molecule has 2 N–H and O–H groups in total. The van der Waals surface area contributed by atoms with E-state index < -0.39 is 0 Å². The van der Waals surface area contributed by atoms with Crippen molar-refractivity contribution in [2.24, 2.45) is 5.73 Å². The van der Waals surface area contributed by atoms with Gasteiger partial charge < -0.3 is 10.5 Å². The van der Waals surface area contributed by atoms with Gasteiger partial charge in [-0.3, -0.25) is 0 Å². The molecule has 108 valence electrons. The molecule has 0 radical (unpaired) electrons. The third-order valence-corrected chi connectivity index (χ3v) is 4.43. The van der Waals surface area contributed by atoms with Gasteiger partial charge in [0.25, 0.3) is 0 Å². The Kier molecular flexibility index (Phi) is 7.92. The Labute approximate surface area is 114 Å². The summed E-state index contributed by atoms with van der Waals surface area (Å²) in [6.45, 7) is 5.17. The predicted molar refractivity (Wildman–Crippen MR) is 78.8 cm³/mol. The number of unbranched alkanes of at least 4 members (excludes halogenated alkanes) is 4. The summed E-state index contributed by atoms with van der Waals surface area (Å²) in [5, 5.41) is 0. The molecule has 0 aromatic rings. The second kappa shape index (κ2) is 8.92. The molecule has 0 bridgehead atoms. The van der Waals surface area contributed by atoms with Crippen molar-refractivity contribution in [3.63, 3.8) is 0 Å². The fraction of sp³-hybridized carbons (Fsp3) is 1.00. The minimum absolute atomic E-state index is 0.0117. The van der Waals surface area contributed by atoms with Gasteiger partial charge in [-0.25, -0.2) is 0 Å². The van der Waals surface area contributed by atoms with Crippen LogP contribution in [-0.4, -0.2) is 18.2 Å². The largest absolute Gasteiger partial charge is 0.374 e. The van der Waals surface area contributed by atoms with Crippen LogP contribution in [0, 0.1) is 0 Å². The molecular formula is C16H33NO. The van der Waals surface area contributed by atoms with Crippen LogP contribution in [0.2, 0.25) is 0 Å². The third-order valence-electron chi connectivity index (χ3n) is 4.43. The van der Waals surface area contributed by atoms with Crippen molar-refractivity contribution in [2.45, 2.75) is 96.1 Å². The first-order chi connectivity index (χ1) is 8.75. The van der Waals surface area contributed by atoms with Crippen LogP contribution in [-0.2, 0) is 4.74 Å². The minimum atomic E-state index is 0.0117. The lowest BCUT2D eigenvalue weighted by Crippen LogP contribution is -2.51. The van der Waals surface area contributed by atoms with Crippen LogP contribution in [0.15, 0.2) is 0 Å². The molecule has 1 fully saturated rings. The SMILES string of the molecule is CCCCCCCC(N)C1(OCC)CCCCC1. The van der Waals surface area contributed by atoms with E-state index in [0.717, 1.165) is 13.0 Å². The van der Waals surface area contributed by atoms with Gasteiger partial charge in [-0.15, -0.1) is 0 Å². The molecule has 2 heteroatoms. The molecule has 0 aromatic carbocycles. The first-order valence-electron chi connectivity index (χ1n) is 8.14. The zero-order valence-electron chi connectivity index (χ0n) is 12.5. The van der Waals surface area contributed by atoms with E-state index in [0.29, 0.717) is 0 Å². The van der Waals surface area contributed by atoms with Gasteiger partial charge in [-0.05, 0) is 26.2 Å². The first kappa shape index (κ1) is 16.0. The lowest BCUT2D eigenvalue weighted by Gasteiger charge is -2.41. The van der Waals surface area contributed by atoms with Crippen LogP contribution in [0.25, 0.3) is 0 Å². The molecule has 0 heterocycles. The van der Waals surface area contributed by atoms with Gasteiger partial charge in [0.15, 0.2) is 0 Å². The molecule has 1 saturated carbocycles. The average molecular weight is 255 g/mol. The number of hydrogen-bond acceptors (Lipinski definition) is 2. The predicted octanol–water partition coefficient (Wildman–Crippen LogP) is 4.41. The van der Waals surface area contributed by atoms with E-state index in [-0.39, 0.29) is 11.6 Å². The Morgan fingerprint density at radius 3 is 2.28 bits per heavy atom. The third kappa shape index (κ3) is 4.89. The summed E-state index contributed by atoms with van der Waals surface area (Å²) < 4.78 is 6.09. The van der Waals surface area contributed by atoms with Crippen molar-refractivity contribution in [1.29, 1.82) is 0 Å². The highest BCUT2D eigenvalue weighted by atomic mass is 16.5. The summed E-state index contributed by atoms with van der Waals surface area (Å²) in [5.41, 5.74) is 6.47. The highest BCUT2D eigenvalue weighted by Crippen LogP contribution is 2.35. The van der Waals surface area contributed by atoms with Gasteiger partial charge in [0.05, 0.1) is 5.60 Å². The van der Waals surface area contributed by atoms with Crippen molar-refractivity contribution >= 4 is 0 Å². The Morgan fingerprint density at radius 1 is 1.00 bits per heavy atom. The van der Waals surface area contributed by atoms with Crippen LogP contribution in [0.5, 0.6) is 0 Å². The second-order valence-electron chi connectivity index (χ2n) is 5.87. The van der Waals surface area contributed by atoms with Crippen molar-refractivity contribution < 1.29 is 4.74 Å². The summed E-state index contributed by atoms with van der Waals surface area (Å²) in [6, 6.07) is 0.249. The van der Waals surface area contributed by atoms with E-state index in [4.69, 9.17) is 10.5 Å². The number of rotatable bonds is 9. The zero-order chi connectivity index (χ0) is 13.3. The molecule has 2 nitrogen and oxygen atoms in total. The second-order valence-corrected chi connectivity index (χ2v) is 5.87. The van der Waals surface area contributed by atoms with E-state index in [1.165, 1.54) is 64.2 Å². The molecular weight excluding hydrogens is 222 g/mol. The van der Waals surface area contributed by atoms with Crippen molar-refractivity contribution in [2.75, 3.05) is 6.61 Å². The summed E-state index contributed by atoms with van der Waals surface area (Å²) in [6.07, 6.45) is 14.1. The Balaban J connectivity index is 2.32. The van der Waals surface area contributed by atoms with Gasteiger partial charge in [-0.2, -0.15) is 0 Å². The molecule has 1 aliphatic rings. The average Bonchev–Trinajstić information content (AvgIpc) is 2.39. The molecule has 1 rings (SSSR count). The quantitative estimate of drug-likeness (QED) is 0.619. The highest BCUT2D eigenvalue weighted by molar-refractivity contribution is 4.93. The van der Waals surface area contributed by atoms with Crippen LogP contribution >= 0.6 is 0 Å². The van der Waals surface area contributed by atoms with Crippen LogP contribution in [0.3, 0.4) is 0 Å². The van der Waals surface area contributed by atoms with Crippen molar-refractivity contribution in [3.05, 3.63) is 0 Å². The van der Waals surface area contributed by atoms with E-state index >= 15 is 0 Å². The summed E-state index contributed by atoms with van der Waals surface area (Å²) in [7, 11) is 0. The molecule has 0 amide bonds. The Morgan fingerprint density at radius 2 is 1.67 bits per heavy atom. The lowest BCUT2D eigenvalue weighted by atomic mass is 9.77. The molecule has 0 aliphatic heterocycles. The number of ether oxygens (including phenoxy) is 1. The summed E-state index contributed by atoms with van der Waals surface area (Å²) >= 11 is 0. The fourth-order valence-corrected chi connectivity index (χ4v) is 3.29. The first-order valence-corrected chi connectivity index (χ1v) is 8.14. The van der Waals surface area contributed by atoms with Crippen LogP contribution in [0.4, 0.5) is 0 Å². The normalized spacial score (nSPS) is 20.8. The van der Waals surface area contributed by atoms with E-state index in [2.05, 4.69) is 13.8 Å². The standard InChI is InChI=1S/C16H33NO/c1-3-5-6-7-9-12-15(17)16(18-4-2)13-10-8-11-14-16/h15H,3-14,17H2,1-2H3. The molecule has 0 spiro atoms. The molecule has 1 unspecified atom stereocenters. The topological polar surface area (TPSA) is 35.2 Å².